The molecule has 0 saturated carbocycles. The van der Waals surface area contributed by atoms with Gasteiger partial charge in [-0.2, -0.15) is 10.1 Å². The fraction of sp³-hybridized carbons (Fsp3) is 0.158. The van der Waals surface area contributed by atoms with E-state index in [1.165, 1.54) is 22.7 Å². The van der Waals surface area contributed by atoms with Crippen molar-refractivity contribution in [1.29, 1.82) is 0 Å². The quantitative estimate of drug-likeness (QED) is 0.315. The van der Waals surface area contributed by atoms with Crippen LogP contribution in [-0.4, -0.2) is 37.1 Å². The fourth-order valence-corrected chi connectivity index (χ4v) is 3.51. The van der Waals surface area contributed by atoms with E-state index in [0.29, 0.717) is 34.4 Å². The third-order valence-electron chi connectivity index (χ3n) is 3.93. The first-order chi connectivity index (χ1) is 13.2. The van der Waals surface area contributed by atoms with Crippen LogP contribution in [0, 0.1) is 6.92 Å². The molecule has 8 heteroatoms. The molecule has 2 aromatic carbocycles. The van der Waals surface area contributed by atoms with E-state index in [-0.39, 0.29) is 5.56 Å². The van der Waals surface area contributed by atoms with Crippen molar-refractivity contribution in [2.75, 3.05) is 12.4 Å². The Morgan fingerprint density at radius 2 is 2.07 bits per heavy atom. The first-order valence-electron chi connectivity index (χ1n) is 8.42. The predicted octanol–water partition coefficient (Wildman–Crippen LogP) is 2.98. The zero-order valence-corrected chi connectivity index (χ0v) is 15.4. The molecule has 4 rings (SSSR count). The smallest absolute Gasteiger partial charge is 0.269 e. The molecule has 0 aliphatic rings. The number of aromatic amines is 1. The maximum Gasteiger partial charge on any atom is 0.269 e. The molecule has 2 heterocycles. The first kappa shape index (κ1) is 17.3. The maximum absolute atomic E-state index is 12.9. The van der Waals surface area contributed by atoms with Crippen LogP contribution < -0.4 is 10.3 Å². The lowest BCUT2D eigenvalue weighted by Crippen LogP contribution is -2.23. The molecule has 0 radical (unpaired) electrons. The summed E-state index contributed by atoms with van der Waals surface area (Å²) in [5, 5.41) is 7.67. The van der Waals surface area contributed by atoms with Crippen LogP contribution >= 0.6 is 11.8 Å². The third kappa shape index (κ3) is 3.70. The standard InChI is InChI=1S/C19H17N5O2S/c1-13-5-4-6-14(11-13)26-9-10-27-19-22-16-8-3-2-7-15(16)17(25)24(19)18-20-12-21-23-18/h2-8,11-12H,9-10H2,1H3,(H,20,21,23). The Kier molecular flexibility index (Phi) is 4.88. The van der Waals surface area contributed by atoms with Crippen molar-refractivity contribution in [3.05, 3.63) is 70.8 Å². The number of rotatable bonds is 6. The average molecular weight is 379 g/mol. The van der Waals surface area contributed by atoms with E-state index in [2.05, 4.69) is 20.2 Å². The van der Waals surface area contributed by atoms with Gasteiger partial charge in [0.05, 0.1) is 17.5 Å². The van der Waals surface area contributed by atoms with Gasteiger partial charge in [-0.05, 0) is 36.8 Å². The molecular weight excluding hydrogens is 362 g/mol. The summed E-state index contributed by atoms with van der Waals surface area (Å²) < 4.78 is 7.24. The average Bonchev–Trinajstić information content (AvgIpc) is 3.20. The molecule has 0 bridgehead atoms. The SMILES string of the molecule is Cc1cccc(OCCSc2nc3ccccc3c(=O)n2-c2ncn[nH]2)c1. The van der Waals surface area contributed by atoms with Crippen molar-refractivity contribution in [2.24, 2.45) is 0 Å². The number of hydrogen-bond acceptors (Lipinski definition) is 6. The summed E-state index contributed by atoms with van der Waals surface area (Å²) in [4.78, 5) is 21.7. The molecule has 2 aromatic heterocycles. The zero-order chi connectivity index (χ0) is 18.6. The number of para-hydroxylation sites is 1. The van der Waals surface area contributed by atoms with Crippen LogP contribution in [0.3, 0.4) is 0 Å². The van der Waals surface area contributed by atoms with E-state index in [0.717, 1.165) is 11.3 Å². The number of H-pyrrole nitrogens is 1. The lowest BCUT2D eigenvalue weighted by molar-refractivity contribution is 0.343. The van der Waals surface area contributed by atoms with Gasteiger partial charge in [0.25, 0.3) is 5.56 Å². The van der Waals surface area contributed by atoms with Crippen molar-refractivity contribution >= 4 is 22.7 Å². The number of aromatic nitrogens is 5. The molecule has 7 nitrogen and oxygen atoms in total. The highest BCUT2D eigenvalue weighted by atomic mass is 32.2. The summed E-state index contributed by atoms with van der Waals surface area (Å²) >= 11 is 1.44. The number of hydrogen-bond donors (Lipinski definition) is 1. The van der Waals surface area contributed by atoms with Gasteiger partial charge in [0.2, 0.25) is 5.95 Å². The van der Waals surface area contributed by atoms with Gasteiger partial charge in [-0.3, -0.25) is 4.79 Å². The minimum absolute atomic E-state index is 0.181. The van der Waals surface area contributed by atoms with Crippen molar-refractivity contribution in [2.45, 2.75) is 12.1 Å². The lowest BCUT2D eigenvalue weighted by atomic mass is 10.2. The highest BCUT2D eigenvalue weighted by Crippen LogP contribution is 2.20. The second kappa shape index (κ2) is 7.63. The Bertz CT molecular complexity index is 1120. The number of nitrogens with zero attached hydrogens (tertiary/aromatic N) is 4. The highest BCUT2D eigenvalue weighted by Gasteiger charge is 2.15. The second-order valence-corrected chi connectivity index (χ2v) is 6.94. The lowest BCUT2D eigenvalue weighted by Gasteiger charge is -2.11. The molecule has 0 spiro atoms. The van der Waals surface area contributed by atoms with Gasteiger partial charge in [-0.25, -0.2) is 14.6 Å². The van der Waals surface area contributed by atoms with Crippen molar-refractivity contribution in [1.82, 2.24) is 24.7 Å². The fourth-order valence-electron chi connectivity index (χ4n) is 2.70. The van der Waals surface area contributed by atoms with Crippen LogP contribution in [0.15, 0.2) is 64.8 Å². The molecule has 0 aliphatic heterocycles. The van der Waals surface area contributed by atoms with E-state index in [1.807, 2.05) is 49.4 Å². The van der Waals surface area contributed by atoms with Gasteiger partial charge in [-0.15, -0.1) is 0 Å². The Labute approximate surface area is 159 Å². The topological polar surface area (TPSA) is 85.7 Å². The predicted molar refractivity (Wildman–Crippen MR) is 105 cm³/mol. The van der Waals surface area contributed by atoms with Gasteiger partial charge in [-0.1, -0.05) is 36.0 Å². The first-order valence-corrected chi connectivity index (χ1v) is 9.41. The van der Waals surface area contributed by atoms with Crippen LogP contribution in [0.2, 0.25) is 0 Å². The molecular formula is C19H17N5O2S. The number of ether oxygens (including phenoxy) is 1. The number of thioether (sulfide) groups is 1. The normalized spacial score (nSPS) is 11.0. The summed E-state index contributed by atoms with van der Waals surface area (Å²) in [7, 11) is 0. The Balaban J connectivity index is 1.59. The van der Waals surface area contributed by atoms with E-state index >= 15 is 0 Å². The van der Waals surface area contributed by atoms with Crippen molar-refractivity contribution < 1.29 is 4.74 Å². The second-order valence-electron chi connectivity index (χ2n) is 5.87. The summed E-state index contributed by atoms with van der Waals surface area (Å²) in [6.45, 7) is 2.52. The molecule has 0 unspecified atom stereocenters. The van der Waals surface area contributed by atoms with E-state index in [9.17, 15) is 4.79 Å². The minimum atomic E-state index is -0.181. The molecule has 4 aromatic rings. The number of benzene rings is 2. The maximum atomic E-state index is 12.9. The summed E-state index contributed by atoms with van der Waals surface area (Å²) in [6, 6.07) is 15.2. The number of aryl methyl sites for hydroxylation is 1. The highest BCUT2D eigenvalue weighted by molar-refractivity contribution is 7.99. The Morgan fingerprint density at radius 1 is 1.19 bits per heavy atom. The van der Waals surface area contributed by atoms with Crippen LogP contribution in [0.1, 0.15) is 5.56 Å². The van der Waals surface area contributed by atoms with Gasteiger partial charge in [0, 0.05) is 5.75 Å². The molecule has 0 saturated heterocycles. The summed E-state index contributed by atoms with van der Waals surface area (Å²) in [6.07, 6.45) is 1.37. The van der Waals surface area contributed by atoms with E-state index in [1.54, 1.807) is 6.07 Å². The molecule has 1 N–H and O–H groups in total. The Hall–Kier alpha value is -3.13. The molecule has 0 aliphatic carbocycles. The monoisotopic (exact) mass is 379 g/mol. The van der Waals surface area contributed by atoms with Gasteiger partial charge in [0.15, 0.2) is 5.16 Å². The summed E-state index contributed by atoms with van der Waals surface area (Å²) in [5.74, 6) is 1.81. The molecule has 0 atom stereocenters. The molecule has 136 valence electrons. The third-order valence-corrected chi connectivity index (χ3v) is 4.83. The summed E-state index contributed by atoms with van der Waals surface area (Å²) in [5.41, 5.74) is 1.62. The number of nitrogens with one attached hydrogen (secondary N) is 1. The molecule has 27 heavy (non-hydrogen) atoms. The molecule has 0 fully saturated rings. The zero-order valence-electron chi connectivity index (χ0n) is 14.6. The van der Waals surface area contributed by atoms with Gasteiger partial charge >= 0.3 is 0 Å². The van der Waals surface area contributed by atoms with Crippen LogP contribution in [0.4, 0.5) is 0 Å². The van der Waals surface area contributed by atoms with Crippen LogP contribution in [-0.2, 0) is 0 Å². The van der Waals surface area contributed by atoms with Crippen molar-refractivity contribution in [3.8, 4) is 11.7 Å². The largest absolute Gasteiger partial charge is 0.493 e. The van der Waals surface area contributed by atoms with E-state index in [4.69, 9.17) is 4.74 Å². The molecule has 0 amide bonds. The van der Waals surface area contributed by atoms with Gasteiger partial charge < -0.3 is 4.74 Å². The Morgan fingerprint density at radius 3 is 2.89 bits per heavy atom. The van der Waals surface area contributed by atoms with Crippen molar-refractivity contribution in [3.63, 3.8) is 0 Å². The minimum Gasteiger partial charge on any atom is -0.493 e. The van der Waals surface area contributed by atoms with Gasteiger partial charge in [0.1, 0.15) is 12.1 Å². The van der Waals surface area contributed by atoms with Crippen LogP contribution in [0.25, 0.3) is 16.9 Å². The van der Waals surface area contributed by atoms with E-state index < -0.39 is 0 Å². The number of fused-ring (bicyclic) bond motifs is 1. The van der Waals surface area contributed by atoms with Crippen LogP contribution in [0.5, 0.6) is 5.75 Å².